The normalized spacial score (nSPS) is 11.0. The van der Waals surface area contributed by atoms with Crippen LogP contribution in [0.3, 0.4) is 0 Å². The summed E-state index contributed by atoms with van der Waals surface area (Å²) in [6, 6.07) is 3.94. The summed E-state index contributed by atoms with van der Waals surface area (Å²) in [6.45, 7) is 1.71. The molecule has 0 saturated carbocycles. The Bertz CT molecular complexity index is 1030. The van der Waals surface area contributed by atoms with Crippen LogP contribution in [-0.2, 0) is 4.74 Å². The minimum absolute atomic E-state index is 0.0981. The second-order valence-electron chi connectivity index (χ2n) is 5.07. The highest BCUT2D eigenvalue weighted by atomic mass is 16.5. The highest BCUT2D eigenvalue weighted by Crippen LogP contribution is 2.37. The number of carbonyl (C=O) groups is 1. The molecule has 3 rings (SSSR count). The van der Waals surface area contributed by atoms with Crippen molar-refractivity contribution < 1.29 is 29.3 Å². The third-order valence-electron chi connectivity index (χ3n) is 3.53. The average Bonchev–Trinajstić information content (AvgIpc) is 2.47. The molecule has 0 radical (unpaired) electrons. The Morgan fingerprint density at radius 1 is 1.04 bits per heavy atom. The van der Waals surface area contributed by atoms with Gasteiger partial charge in [-0.25, -0.2) is 4.79 Å². The molecule has 0 unspecified atom stereocenters. The van der Waals surface area contributed by atoms with Crippen molar-refractivity contribution in [3.8, 4) is 17.2 Å². The van der Waals surface area contributed by atoms with Crippen molar-refractivity contribution in [2.45, 2.75) is 6.92 Å². The summed E-state index contributed by atoms with van der Waals surface area (Å²) in [5.74, 6) is -2.74. The molecule has 2 aromatic carbocycles. The first-order valence-electron chi connectivity index (χ1n) is 6.58. The van der Waals surface area contributed by atoms with Crippen molar-refractivity contribution in [3.63, 3.8) is 0 Å². The van der Waals surface area contributed by atoms with Gasteiger partial charge in [-0.05, 0) is 24.6 Å². The van der Waals surface area contributed by atoms with Gasteiger partial charge in [-0.1, -0.05) is 0 Å². The van der Waals surface area contributed by atoms with Crippen LogP contribution < -0.4 is 5.43 Å². The van der Waals surface area contributed by atoms with Crippen LogP contribution in [0, 0.1) is 6.92 Å². The number of hydrogen-bond acceptors (Lipinski definition) is 7. The smallest absolute Gasteiger partial charge is 0.342 e. The number of benzene rings is 2. The highest BCUT2D eigenvalue weighted by Gasteiger charge is 2.25. The summed E-state index contributed by atoms with van der Waals surface area (Å²) in [4.78, 5) is 24.6. The summed E-state index contributed by atoms with van der Waals surface area (Å²) in [6.07, 6.45) is 0. The first-order chi connectivity index (χ1) is 10.8. The number of rotatable bonds is 1. The lowest BCUT2D eigenvalue weighted by Crippen LogP contribution is -2.11. The van der Waals surface area contributed by atoms with E-state index in [1.54, 1.807) is 6.92 Å². The average molecular weight is 316 g/mol. The number of methoxy groups -OCH3 is 1. The largest absolute Gasteiger partial charge is 0.507 e. The van der Waals surface area contributed by atoms with Gasteiger partial charge in [0.05, 0.1) is 12.5 Å². The Balaban J connectivity index is 2.63. The predicted molar refractivity (Wildman–Crippen MR) is 81.1 cm³/mol. The third-order valence-corrected chi connectivity index (χ3v) is 3.53. The lowest BCUT2D eigenvalue weighted by molar-refractivity contribution is 0.0599. The van der Waals surface area contributed by atoms with E-state index in [1.165, 1.54) is 12.1 Å². The zero-order valence-corrected chi connectivity index (χ0v) is 12.2. The van der Waals surface area contributed by atoms with Gasteiger partial charge in [-0.3, -0.25) is 4.79 Å². The van der Waals surface area contributed by atoms with E-state index in [1.807, 2.05) is 0 Å². The van der Waals surface area contributed by atoms with Gasteiger partial charge in [0.2, 0.25) is 5.43 Å². The molecule has 3 aromatic rings. The maximum atomic E-state index is 12.7. The van der Waals surface area contributed by atoms with E-state index in [0.717, 1.165) is 13.2 Å². The number of hydrogen-bond donors (Lipinski definition) is 3. The maximum absolute atomic E-state index is 12.7. The van der Waals surface area contributed by atoms with Crippen LogP contribution in [0.15, 0.2) is 27.4 Å². The molecule has 0 fully saturated rings. The molecule has 0 spiro atoms. The molecule has 0 aliphatic rings. The van der Waals surface area contributed by atoms with Gasteiger partial charge in [0.25, 0.3) is 0 Å². The first-order valence-corrected chi connectivity index (χ1v) is 6.58. The Morgan fingerprint density at radius 2 is 1.70 bits per heavy atom. The van der Waals surface area contributed by atoms with E-state index in [9.17, 15) is 24.9 Å². The maximum Gasteiger partial charge on any atom is 0.342 e. The van der Waals surface area contributed by atoms with Crippen LogP contribution in [0.2, 0.25) is 0 Å². The van der Waals surface area contributed by atoms with Crippen LogP contribution >= 0.6 is 0 Å². The summed E-state index contributed by atoms with van der Waals surface area (Å²) >= 11 is 0. The molecule has 0 atom stereocenters. The number of phenols is 3. The molecule has 0 saturated heterocycles. The summed E-state index contributed by atoms with van der Waals surface area (Å²) in [5, 5.41) is 29.3. The van der Waals surface area contributed by atoms with Crippen LogP contribution in [0.4, 0.5) is 0 Å². The van der Waals surface area contributed by atoms with Gasteiger partial charge in [-0.15, -0.1) is 0 Å². The SMILES string of the molecule is COC(=O)c1c(O)c(O)cc2oc3cc(C)cc(O)c3c(=O)c12. The lowest BCUT2D eigenvalue weighted by Gasteiger charge is -2.10. The quantitative estimate of drug-likeness (QED) is 0.358. The number of esters is 1. The van der Waals surface area contributed by atoms with Crippen molar-refractivity contribution in [1.82, 2.24) is 0 Å². The summed E-state index contributed by atoms with van der Waals surface area (Å²) in [5.41, 5.74) is -0.578. The fourth-order valence-corrected chi connectivity index (χ4v) is 2.53. The number of carbonyl (C=O) groups excluding carboxylic acids is 1. The van der Waals surface area contributed by atoms with E-state index >= 15 is 0 Å². The van der Waals surface area contributed by atoms with Crippen LogP contribution in [0.25, 0.3) is 21.9 Å². The molecule has 0 bridgehead atoms. The van der Waals surface area contributed by atoms with Crippen molar-refractivity contribution >= 4 is 27.9 Å². The second-order valence-corrected chi connectivity index (χ2v) is 5.07. The van der Waals surface area contributed by atoms with Crippen molar-refractivity contribution in [3.05, 3.63) is 39.5 Å². The number of ether oxygens (including phenoxy) is 1. The summed E-state index contributed by atoms with van der Waals surface area (Å²) in [7, 11) is 1.07. The van der Waals surface area contributed by atoms with Crippen LogP contribution in [0.1, 0.15) is 15.9 Å². The highest BCUT2D eigenvalue weighted by molar-refractivity contribution is 6.09. The molecule has 7 nitrogen and oxygen atoms in total. The van der Waals surface area contributed by atoms with Gasteiger partial charge in [0.15, 0.2) is 11.5 Å². The minimum atomic E-state index is -1.01. The molecule has 0 amide bonds. The Morgan fingerprint density at radius 3 is 2.35 bits per heavy atom. The van der Waals surface area contributed by atoms with Crippen LogP contribution in [0.5, 0.6) is 17.2 Å². The van der Waals surface area contributed by atoms with E-state index < -0.39 is 28.5 Å². The minimum Gasteiger partial charge on any atom is -0.507 e. The van der Waals surface area contributed by atoms with E-state index in [0.29, 0.717) is 5.56 Å². The number of aromatic hydroxyl groups is 3. The molecule has 1 aromatic heterocycles. The third kappa shape index (κ3) is 2.05. The molecular formula is C16H12O7. The van der Waals surface area contributed by atoms with Crippen molar-refractivity contribution in [1.29, 1.82) is 0 Å². The zero-order valence-electron chi connectivity index (χ0n) is 12.2. The van der Waals surface area contributed by atoms with E-state index in [4.69, 9.17) is 4.42 Å². The molecule has 3 N–H and O–H groups in total. The fraction of sp³-hybridized carbons (Fsp3) is 0.125. The molecule has 23 heavy (non-hydrogen) atoms. The molecule has 1 heterocycles. The first kappa shape index (κ1) is 14.7. The fourth-order valence-electron chi connectivity index (χ4n) is 2.53. The predicted octanol–water partition coefficient (Wildman–Crippen LogP) is 2.16. The Kier molecular flexibility index (Phi) is 3.14. The number of phenolic OH excluding ortho intramolecular Hbond substituents is 3. The second kappa shape index (κ2) is 4.91. The van der Waals surface area contributed by atoms with Gasteiger partial charge < -0.3 is 24.5 Å². The molecular weight excluding hydrogens is 304 g/mol. The zero-order chi connectivity index (χ0) is 16.9. The van der Waals surface area contributed by atoms with E-state index in [2.05, 4.69) is 4.74 Å². The van der Waals surface area contributed by atoms with Gasteiger partial charge in [0.1, 0.15) is 27.9 Å². The number of aryl methyl sites for hydroxylation is 1. The number of fused-ring (bicyclic) bond motifs is 2. The summed E-state index contributed by atoms with van der Waals surface area (Å²) < 4.78 is 10.1. The monoisotopic (exact) mass is 316 g/mol. The van der Waals surface area contributed by atoms with Gasteiger partial charge in [0, 0.05) is 6.07 Å². The topological polar surface area (TPSA) is 117 Å². The Hall–Kier alpha value is -3.22. The lowest BCUT2D eigenvalue weighted by atomic mass is 10.0. The van der Waals surface area contributed by atoms with Crippen molar-refractivity contribution in [2.75, 3.05) is 7.11 Å². The molecule has 0 aliphatic carbocycles. The Labute approximate surface area is 129 Å². The molecule has 7 heteroatoms. The van der Waals surface area contributed by atoms with Crippen molar-refractivity contribution in [2.24, 2.45) is 0 Å². The van der Waals surface area contributed by atoms with Gasteiger partial charge in [-0.2, -0.15) is 0 Å². The van der Waals surface area contributed by atoms with Gasteiger partial charge >= 0.3 is 5.97 Å². The van der Waals surface area contributed by atoms with E-state index in [-0.39, 0.29) is 27.7 Å². The molecule has 0 aliphatic heterocycles. The van der Waals surface area contributed by atoms with Crippen LogP contribution in [-0.4, -0.2) is 28.4 Å². The standard InChI is InChI=1S/C16H12O7/c1-6-3-7(17)11-9(4-6)23-10-5-8(18)14(19)13(16(21)22-2)12(10)15(11)20/h3-5,17-19H,1-2H3. The molecule has 118 valence electrons.